The molecule has 0 amide bonds. The second kappa shape index (κ2) is 8.40. The summed E-state index contributed by atoms with van der Waals surface area (Å²) in [6.45, 7) is 0. The third-order valence-corrected chi connectivity index (χ3v) is 7.99. The number of para-hydroxylation sites is 1. The molecule has 0 aliphatic carbocycles. The number of hydrogen-bond acceptors (Lipinski definition) is 4. The molecule has 0 fully saturated rings. The highest BCUT2D eigenvalue weighted by atomic mass is 79.9. The van der Waals surface area contributed by atoms with Gasteiger partial charge in [0.25, 0.3) is 0 Å². The molecule has 5 heteroatoms. The third kappa shape index (κ3) is 3.56. The molecular weight excluding hydrogens is 492 g/mol. The van der Waals surface area contributed by atoms with Gasteiger partial charge >= 0.3 is 0 Å². The van der Waals surface area contributed by atoms with Crippen molar-refractivity contribution in [2.24, 2.45) is 5.16 Å². The van der Waals surface area contributed by atoms with Gasteiger partial charge in [0.15, 0.2) is 5.84 Å². The molecule has 0 saturated heterocycles. The van der Waals surface area contributed by atoms with Gasteiger partial charge in [0.2, 0.25) is 5.72 Å². The van der Waals surface area contributed by atoms with Crippen LogP contribution in [0.3, 0.4) is 0 Å². The Balaban J connectivity index is 1.58. The Bertz CT molecular complexity index is 1330. The first-order valence-electron chi connectivity index (χ1n) is 10.9. The fraction of sp³-hybridized carbons (Fsp3) is 0.107. The van der Waals surface area contributed by atoms with Gasteiger partial charge in [0, 0.05) is 32.2 Å². The van der Waals surface area contributed by atoms with Crippen molar-refractivity contribution in [3.8, 4) is 0 Å². The standard InChI is InChI=1S/C28H21BrN2OS/c29-23-15-9-12-21(18-23)27-30-32-28(22-13-5-2-6-14-22)19-26(20-10-3-1-4-11-20)33-25-17-8-7-16-24(25)31(27)28/h1-18,26H,19H2/t26-,28+/m0/s1. The van der Waals surface area contributed by atoms with Gasteiger partial charge in [-0.05, 0) is 29.8 Å². The Morgan fingerprint density at radius 1 is 0.848 bits per heavy atom. The maximum atomic E-state index is 6.51. The number of oxime groups is 1. The maximum Gasteiger partial charge on any atom is 0.242 e. The number of amidine groups is 1. The van der Waals surface area contributed by atoms with Crippen molar-refractivity contribution in [2.75, 3.05) is 4.90 Å². The van der Waals surface area contributed by atoms with Crippen LogP contribution in [0, 0.1) is 0 Å². The van der Waals surface area contributed by atoms with Crippen LogP contribution in [-0.4, -0.2) is 5.84 Å². The van der Waals surface area contributed by atoms with Crippen LogP contribution < -0.4 is 4.90 Å². The van der Waals surface area contributed by atoms with Crippen LogP contribution in [0.1, 0.15) is 28.4 Å². The molecule has 0 N–H and O–H groups in total. The lowest BCUT2D eigenvalue weighted by Crippen LogP contribution is -2.47. The van der Waals surface area contributed by atoms with Gasteiger partial charge in [-0.15, -0.1) is 11.8 Å². The van der Waals surface area contributed by atoms with Crippen LogP contribution in [0.4, 0.5) is 5.69 Å². The summed E-state index contributed by atoms with van der Waals surface area (Å²) in [5.74, 6) is 0.821. The van der Waals surface area contributed by atoms with Crippen LogP contribution >= 0.6 is 27.7 Å². The number of benzene rings is 4. The van der Waals surface area contributed by atoms with Gasteiger partial charge in [0.1, 0.15) is 0 Å². The number of fused-ring (bicyclic) bond motifs is 3. The van der Waals surface area contributed by atoms with Crippen molar-refractivity contribution in [3.63, 3.8) is 0 Å². The molecule has 4 aromatic rings. The SMILES string of the molecule is Brc1cccc(C2=NO[C@@]3(c4ccccc4)C[C@@H](c4ccccc4)Sc4ccccc4N23)c1. The first-order chi connectivity index (χ1) is 16.2. The number of rotatable bonds is 3. The number of hydrogen-bond donors (Lipinski definition) is 0. The molecule has 2 aliphatic heterocycles. The van der Waals surface area contributed by atoms with Crippen LogP contribution in [0.5, 0.6) is 0 Å². The van der Waals surface area contributed by atoms with Gasteiger partial charge < -0.3 is 4.84 Å². The number of thioether (sulfide) groups is 1. The normalized spacial score (nSPS) is 21.4. The first kappa shape index (κ1) is 20.6. The summed E-state index contributed by atoms with van der Waals surface area (Å²) in [5, 5.41) is 4.92. The summed E-state index contributed by atoms with van der Waals surface area (Å²) in [4.78, 5) is 10.0. The monoisotopic (exact) mass is 512 g/mol. The zero-order valence-corrected chi connectivity index (χ0v) is 20.2. The summed E-state index contributed by atoms with van der Waals surface area (Å²) in [6, 6.07) is 38.0. The van der Waals surface area contributed by atoms with Crippen molar-refractivity contribution < 1.29 is 4.84 Å². The van der Waals surface area contributed by atoms with E-state index in [2.05, 4.69) is 112 Å². The maximum absolute atomic E-state index is 6.51. The smallest absolute Gasteiger partial charge is 0.242 e. The molecule has 6 rings (SSSR count). The number of nitrogens with zero attached hydrogens (tertiary/aromatic N) is 2. The van der Waals surface area contributed by atoms with Gasteiger partial charge in [-0.1, -0.05) is 106 Å². The molecule has 3 nitrogen and oxygen atoms in total. The van der Waals surface area contributed by atoms with Gasteiger partial charge in [-0.25, -0.2) is 0 Å². The van der Waals surface area contributed by atoms with Gasteiger partial charge in [-0.3, -0.25) is 4.90 Å². The topological polar surface area (TPSA) is 24.8 Å². The molecule has 2 heterocycles. The van der Waals surface area contributed by atoms with E-state index in [1.54, 1.807) is 0 Å². The molecule has 2 atom stereocenters. The zero-order valence-electron chi connectivity index (χ0n) is 17.8. The van der Waals surface area contributed by atoms with E-state index in [1.807, 2.05) is 30.0 Å². The lowest BCUT2D eigenvalue weighted by atomic mass is 9.92. The summed E-state index contributed by atoms with van der Waals surface area (Å²) >= 11 is 5.52. The van der Waals surface area contributed by atoms with E-state index in [-0.39, 0.29) is 5.25 Å². The lowest BCUT2D eigenvalue weighted by molar-refractivity contribution is -0.0283. The predicted octanol–water partition coefficient (Wildman–Crippen LogP) is 7.74. The van der Waals surface area contributed by atoms with Crippen molar-refractivity contribution in [1.29, 1.82) is 0 Å². The van der Waals surface area contributed by atoms with Crippen LogP contribution in [-0.2, 0) is 10.6 Å². The van der Waals surface area contributed by atoms with Crippen LogP contribution in [0.25, 0.3) is 0 Å². The molecule has 0 unspecified atom stereocenters. The minimum atomic E-state index is -0.751. The van der Waals surface area contributed by atoms with E-state index in [9.17, 15) is 0 Å². The Morgan fingerprint density at radius 2 is 1.58 bits per heavy atom. The highest BCUT2D eigenvalue weighted by Gasteiger charge is 2.52. The molecule has 162 valence electrons. The summed E-state index contributed by atoms with van der Waals surface area (Å²) in [5.41, 5.74) is 3.76. The van der Waals surface area contributed by atoms with Gasteiger partial charge in [0.05, 0.1) is 5.69 Å². The molecular formula is C28H21BrN2OS. The Morgan fingerprint density at radius 3 is 2.36 bits per heavy atom. The third-order valence-electron chi connectivity index (χ3n) is 6.17. The summed E-state index contributed by atoms with van der Waals surface area (Å²) < 4.78 is 1.01. The Labute approximate surface area is 206 Å². The van der Waals surface area contributed by atoms with Crippen molar-refractivity contribution in [1.82, 2.24) is 0 Å². The minimum absolute atomic E-state index is 0.203. The highest BCUT2D eigenvalue weighted by Crippen LogP contribution is 2.56. The van der Waals surface area contributed by atoms with E-state index in [1.165, 1.54) is 10.5 Å². The molecule has 0 spiro atoms. The largest absolute Gasteiger partial charge is 0.360 e. The lowest BCUT2D eigenvalue weighted by Gasteiger charge is -2.37. The van der Waals surface area contributed by atoms with Crippen LogP contribution in [0.15, 0.2) is 124 Å². The Kier molecular flexibility index (Phi) is 5.24. The quantitative estimate of drug-likeness (QED) is 0.280. The molecule has 0 aromatic heterocycles. The second-order valence-electron chi connectivity index (χ2n) is 8.19. The van der Waals surface area contributed by atoms with Gasteiger partial charge in [-0.2, -0.15) is 0 Å². The highest BCUT2D eigenvalue weighted by molar-refractivity contribution is 9.10. The molecule has 2 aliphatic rings. The predicted molar refractivity (Wildman–Crippen MR) is 138 cm³/mol. The molecule has 33 heavy (non-hydrogen) atoms. The number of halogens is 1. The fourth-order valence-electron chi connectivity index (χ4n) is 4.66. The fourth-order valence-corrected chi connectivity index (χ4v) is 6.40. The molecule has 0 saturated carbocycles. The average molecular weight is 513 g/mol. The number of anilines is 1. The van der Waals surface area contributed by atoms with Crippen molar-refractivity contribution in [2.45, 2.75) is 22.3 Å². The zero-order chi connectivity index (χ0) is 22.3. The van der Waals surface area contributed by atoms with E-state index < -0.39 is 5.72 Å². The van der Waals surface area contributed by atoms with E-state index in [0.717, 1.165) is 33.5 Å². The van der Waals surface area contributed by atoms with E-state index >= 15 is 0 Å². The molecule has 0 bridgehead atoms. The Hall–Kier alpha value is -3.02. The summed E-state index contributed by atoms with van der Waals surface area (Å²) in [6.07, 6.45) is 0.751. The average Bonchev–Trinajstić information content (AvgIpc) is 3.18. The van der Waals surface area contributed by atoms with E-state index in [0.29, 0.717) is 0 Å². The molecule has 0 radical (unpaired) electrons. The van der Waals surface area contributed by atoms with Crippen molar-refractivity contribution in [3.05, 3.63) is 130 Å². The summed E-state index contributed by atoms with van der Waals surface area (Å²) in [7, 11) is 0. The van der Waals surface area contributed by atoms with Crippen LogP contribution in [0.2, 0.25) is 0 Å². The molecule has 4 aromatic carbocycles. The minimum Gasteiger partial charge on any atom is -0.360 e. The van der Waals surface area contributed by atoms with Crippen molar-refractivity contribution >= 4 is 39.2 Å². The first-order valence-corrected chi connectivity index (χ1v) is 12.6. The van der Waals surface area contributed by atoms with E-state index in [4.69, 9.17) is 9.99 Å². The second-order valence-corrected chi connectivity index (χ2v) is 10.4.